The van der Waals surface area contributed by atoms with Crippen LogP contribution in [0.1, 0.15) is 19.9 Å². The Morgan fingerprint density at radius 3 is 2.69 bits per heavy atom. The number of ether oxygens (including phenoxy) is 1. The van der Waals surface area contributed by atoms with Gasteiger partial charge in [0.25, 0.3) is 0 Å². The fraction of sp³-hybridized carbons (Fsp3) is 0.625. The molecule has 0 spiro atoms. The number of esters is 1. The van der Waals surface area contributed by atoms with Gasteiger partial charge >= 0.3 is 11.9 Å². The molecule has 0 N–H and O–H groups in total. The minimum absolute atomic E-state index is 0.353. The molecule has 0 aliphatic rings. The predicted molar refractivity (Wildman–Crippen MR) is 52.6 cm³/mol. The molecule has 0 aliphatic carbocycles. The van der Waals surface area contributed by atoms with Gasteiger partial charge in [-0.25, -0.2) is 0 Å². The molecule has 1 heterocycles. The van der Waals surface area contributed by atoms with Gasteiger partial charge in [-0.2, -0.15) is 4.68 Å². The van der Waals surface area contributed by atoms with Crippen LogP contribution in [0.2, 0.25) is 0 Å². The minimum atomic E-state index is -0.688. The highest BCUT2D eigenvalue weighted by Crippen LogP contribution is 2.18. The molecular formula is C8H12N4O4. The number of rotatable bonds is 4. The first-order valence-electron chi connectivity index (χ1n) is 4.60. The molecule has 0 amide bonds. The maximum atomic E-state index is 11.2. The molecule has 0 saturated heterocycles. The van der Waals surface area contributed by atoms with Crippen LogP contribution in [0, 0.1) is 16.0 Å². The molecule has 8 nitrogen and oxygen atoms in total. The Morgan fingerprint density at radius 1 is 1.62 bits per heavy atom. The lowest BCUT2D eigenvalue weighted by Crippen LogP contribution is -2.23. The fourth-order valence-corrected chi connectivity index (χ4v) is 1.16. The molecule has 8 heteroatoms. The molecule has 16 heavy (non-hydrogen) atoms. The summed E-state index contributed by atoms with van der Waals surface area (Å²) < 4.78 is 5.85. The number of carbonyl (C=O) groups is 1. The first kappa shape index (κ1) is 12.1. The third-order valence-electron chi connectivity index (χ3n) is 2.37. The van der Waals surface area contributed by atoms with Crippen LogP contribution in [0.15, 0.2) is 6.33 Å². The highest BCUT2D eigenvalue weighted by Gasteiger charge is 2.26. The molecule has 0 aromatic carbocycles. The zero-order valence-electron chi connectivity index (χ0n) is 9.15. The molecule has 1 aromatic rings. The van der Waals surface area contributed by atoms with E-state index < -0.39 is 22.8 Å². The molecule has 1 rings (SSSR count). The van der Waals surface area contributed by atoms with Gasteiger partial charge in [0.15, 0.2) is 0 Å². The molecule has 2 unspecified atom stereocenters. The van der Waals surface area contributed by atoms with Gasteiger partial charge in [0, 0.05) is 5.10 Å². The van der Waals surface area contributed by atoms with Gasteiger partial charge in [-0.05, 0) is 18.8 Å². The average molecular weight is 228 g/mol. The van der Waals surface area contributed by atoms with Crippen LogP contribution in [0.3, 0.4) is 0 Å². The smallest absolute Gasteiger partial charge is 0.469 e. The Bertz CT molecular complexity index is 402. The SMILES string of the molecule is COC(=O)C(C)C(C)n1cnc([N+](=O)[O-])n1. The van der Waals surface area contributed by atoms with E-state index in [4.69, 9.17) is 0 Å². The number of hydrogen-bond donors (Lipinski definition) is 0. The van der Waals surface area contributed by atoms with Crippen molar-refractivity contribution in [2.24, 2.45) is 5.92 Å². The van der Waals surface area contributed by atoms with Crippen LogP contribution < -0.4 is 0 Å². The van der Waals surface area contributed by atoms with Crippen molar-refractivity contribution in [2.45, 2.75) is 19.9 Å². The van der Waals surface area contributed by atoms with Crippen molar-refractivity contribution in [1.82, 2.24) is 14.8 Å². The summed E-state index contributed by atoms with van der Waals surface area (Å²) >= 11 is 0. The van der Waals surface area contributed by atoms with Crippen LogP contribution >= 0.6 is 0 Å². The van der Waals surface area contributed by atoms with Crippen molar-refractivity contribution in [1.29, 1.82) is 0 Å². The summed E-state index contributed by atoms with van der Waals surface area (Å²) in [6, 6.07) is -0.353. The topological polar surface area (TPSA) is 100 Å². The first-order valence-corrected chi connectivity index (χ1v) is 4.60. The fourth-order valence-electron chi connectivity index (χ4n) is 1.16. The molecule has 0 aliphatic heterocycles. The number of hydrogen-bond acceptors (Lipinski definition) is 6. The van der Waals surface area contributed by atoms with Gasteiger partial charge in [0.1, 0.15) is 0 Å². The van der Waals surface area contributed by atoms with E-state index in [0.29, 0.717) is 0 Å². The Kier molecular flexibility index (Phi) is 3.54. The van der Waals surface area contributed by atoms with Crippen LogP contribution in [-0.2, 0) is 9.53 Å². The van der Waals surface area contributed by atoms with Crippen LogP contribution in [0.5, 0.6) is 0 Å². The van der Waals surface area contributed by atoms with E-state index in [2.05, 4.69) is 14.8 Å². The maximum absolute atomic E-state index is 11.2. The van der Waals surface area contributed by atoms with Crippen LogP contribution in [0.4, 0.5) is 5.95 Å². The summed E-state index contributed by atoms with van der Waals surface area (Å²) in [5.74, 6) is -1.33. The second kappa shape index (κ2) is 4.69. The molecular weight excluding hydrogens is 216 g/mol. The van der Waals surface area contributed by atoms with Crippen LogP contribution in [0.25, 0.3) is 0 Å². The van der Waals surface area contributed by atoms with E-state index >= 15 is 0 Å². The Morgan fingerprint density at radius 2 is 2.25 bits per heavy atom. The Hall–Kier alpha value is -1.99. The molecule has 0 fully saturated rings. The summed E-state index contributed by atoms with van der Waals surface area (Å²) in [7, 11) is 1.29. The number of aromatic nitrogens is 3. The number of nitrogens with zero attached hydrogens (tertiary/aromatic N) is 4. The summed E-state index contributed by atoms with van der Waals surface area (Å²) in [6.45, 7) is 3.37. The third-order valence-corrected chi connectivity index (χ3v) is 2.37. The number of carbonyl (C=O) groups excluding carboxylic acids is 1. The molecule has 1 aromatic heterocycles. The second-order valence-corrected chi connectivity index (χ2v) is 3.33. The van der Waals surface area contributed by atoms with Gasteiger partial charge in [-0.1, -0.05) is 4.98 Å². The van der Waals surface area contributed by atoms with Crippen molar-refractivity contribution in [3.05, 3.63) is 16.4 Å². The van der Waals surface area contributed by atoms with Crippen molar-refractivity contribution >= 4 is 11.9 Å². The normalized spacial score (nSPS) is 14.2. The lowest BCUT2D eigenvalue weighted by molar-refractivity contribution is -0.394. The highest BCUT2D eigenvalue weighted by atomic mass is 16.6. The van der Waals surface area contributed by atoms with Crippen molar-refractivity contribution < 1.29 is 14.5 Å². The van der Waals surface area contributed by atoms with E-state index in [1.54, 1.807) is 13.8 Å². The number of nitro groups is 1. The Balaban J connectivity index is 2.83. The highest BCUT2D eigenvalue weighted by molar-refractivity contribution is 5.72. The van der Waals surface area contributed by atoms with Crippen molar-refractivity contribution in [2.75, 3.05) is 7.11 Å². The van der Waals surface area contributed by atoms with E-state index in [1.807, 2.05) is 0 Å². The summed E-state index contributed by atoms with van der Waals surface area (Å²) in [5, 5.41) is 14.0. The second-order valence-electron chi connectivity index (χ2n) is 3.33. The first-order chi connectivity index (χ1) is 7.47. The van der Waals surface area contributed by atoms with Gasteiger partial charge in [0.05, 0.1) is 19.1 Å². The van der Waals surface area contributed by atoms with E-state index in [0.717, 1.165) is 0 Å². The molecule has 0 saturated carbocycles. The summed E-state index contributed by atoms with van der Waals surface area (Å²) in [6.07, 6.45) is 1.22. The molecule has 2 atom stereocenters. The largest absolute Gasteiger partial charge is 0.490 e. The quantitative estimate of drug-likeness (QED) is 0.424. The van der Waals surface area contributed by atoms with E-state index in [9.17, 15) is 14.9 Å². The maximum Gasteiger partial charge on any atom is 0.490 e. The van der Waals surface area contributed by atoms with Crippen molar-refractivity contribution in [3.8, 4) is 0 Å². The van der Waals surface area contributed by atoms with Crippen molar-refractivity contribution in [3.63, 3.8) is 0 Å². The standard InChI is InChI=1S/C8H12N4O4/c1-5(7(13)16-3)6(2)11-4-9-8(10-11)12(14)15/h4-6H,1-3H3. The number of methoxy groups -OCH3 is 1. The minimum Gasteiger partial charge on any atom is -0.469 e. The lowest BCUT2D eigenvalue weighted by Gasteiger charge is -2.14. The van der Waals surface area contributed by atoms with Gasteiger partial charge in [0.2, 0.25) is 6.33 Å². The Labute approximate surface area is 91.4 Å². The average Bonchev–Trinajstić information content (AvgIpc) is 2.75. The summed E-state index contributed by atoms with van der Waals surface area (Å²) in [4.78, 5) is 24.4. The van der Waals surface area contributed by atoms with E-state index in [-0.39, 0.29) is 6.04 Å². The molecule has 0 bridgehead atoms. The monoisotopic (exact) mass is 228 g/mol. The molecule has 88 valence electrons. The predicted octanol–water partition coefficient (Wildman–Crippen LogP) is 0.556. The van der Waals surface area contributed by atoms with Crippen LogP contribution in [-0.4, -0.2) is 32.8 Å². The van der Waals surface area contributed by atoms with Gasteiger partial charge in [-0.15, -0.1) is 0 Å². The van der Waals surface area contributed by atoms with Gasteiger partial charge < -0.3 is 14.9 Å². The lowest BCUT2D eigenvalue weighted by atomic mass is 10.0. The summed E-state index contributed by atoms with van der Waals surface area (Å²) in [5.41, 5.74) is 0. The third kappa shape index (κ3) is 2.33. The van der Waals surface area contributed by atoms with E-state index in [1.165, 1.54) is 18.1 Å². The zero-order chi connectivity index (χ0) is 12.3. The molecule has 0 radical (unpaired) electrons. The van der Waals surface area contributed by atoms with Gasteiger partial charge in [-0.3, -0.25) is 4.79 Å². The zero-order valence-corrected chi connectivity index (χ0v) is 9.15.